The fourth-order valence-corrected chi connectivity index (χ4v) is 4.73. The number of hydrogen-bond acceptors (Lipinski definition) is 5. The Hall–Kier alpha value is -3.34. The third-order valence-electron chi connectivity index (χ3n) is 6.39. The Morgan fingerprint density at radius 3 is 2.00 bits per heavy atom. The van der Waals surface area contributed by atoms with Gasteiger partial charge in [-0.1, -0.05) is 6.07 Å². The van der Waals surface area contributed by atoms with Crippen LogP contribution in [0.1, 0.15) is 39.3 Å². The van der Waals surface area contributed by atoms with Gasteiger partial charge >= 0.3 is 0 Å². The maximum atomic E-state index is 5.86. The maximum absolute atomic E-state index is 5.86. The SMILES string of the molecule is COc1ccc(CC2c3cc(OC)cc(OC)c3Cc3cc(OC)cc(OC)c32)c(C)c1. The average Bonchev–Trinajstić information content (AvgIpc) is 2.83. The lowest BCUT2D eigenvalue weighted by Crippen LogP contribution is -2.19. The molecule has 1 aliphatic carbocycles. The molecular formula is C27H30O5. The van der Waals surface area contributed by atoms with Gasteiger partial charge in [-0.05, 0) is 59.9 Å². The number of hydrogen-bond donors (Lipinski definition) is 0. The Kier molecular flexibility index (Phi) is 6.17. The van der Waals surface area contributed by atoms with Gasteiger partial charge in [0.1, 0.15) is 28.7 Å². The van der Waals surface area contributed by atoms with Gasteiger partial charge in [0.05, 0.1) is 35.5 Å². The first-order valence-electron chi connectivity index (χ1n) is 10.7. The van der Waals surface area contributed by atoms with E-state index in [1.54, 1.807) is 35.5 Å². The molecule has 0 N–H and O–H groups in total. The minimum atomic E-state index is 0.0747. The molecule has 0 saturated heterocycles. The van der Waals surface area contributed by atoms with Crippen LogP contribution >= 0.6 is 0 Å². The first-order valence-corrected chi connectivity index (χ1v) is 10.7. The highest BCUT2D eigenvalue weighted by atomic mass is 16.5. The number of rotatable bonds is 7. The molecule has 168 valence electrons. The molecule has 0 radical (unpaired) electrons. The number of aryl methyl sites for hydroxylation is 1. The van der Waals surface area contributed by atoms with Crippen LogP contribution in [0.4, 0.5) is 0 Å². The summed E-state index contributed by atoms with van der Waals surface area (Å²) < 4.78 is 28.2. The minimum Gasteiger partial charge on any atom is -0.497 e. The molecule has 3 aromatic carbocycles. The zero-order valence-corrected chi connectivity index (χ0v) is 19.6. The number of benzene rings is 3. The third kappa shape index (κ3) is 3.83. The van der Waals surface area contributed by atoms with Crippen LogP contribution in [0, 0.1) is 6.92 Å². The van der Waals surface area contributed by atoms with Gasteiger partial charge in [0.15, 0.2) is 0 Å². The fraction of sp³-hybridized carbons (Fsp3) is 0.333. The molecule has 0 spiro atoms. The Labute approximate surface area is 189 Å². The summed E-state index contributed by atoms with van der Waals surface area (Å²) in [5.41, 5.74) is 7.20. The van der Waals surface area contributed by atoms with Crippen molar-refractivity contribution in [3.8, 4) is 28.7 Å². The zero-order chi connectivity index (χ0) is 22.8. The molecular weight excluding hydrogens is 404 g/mol. The summed E-state index contributed by atoms with van der Waals surface area (Å²) in [5.74, 6) is 4.18. The molecule has 1 aliphatic rings. The molecule has 5 nitrogen and oxygen atoms in total. The van der Waals surface area contributed by atoms with Crippen molar-refractivity contribution in [2.24, 2.45) is 0 Å². The van der Waals surface area contributed by atoms with Gasteiger partial charge in [-0.25, -0.2) is 0 Å². The molecule has 0 aromatic heterocycles. The Morgan fingerprint density at radius 2 is 1.38 bits per heavy atom. The van der Waals surface area contributed by atoms with Crippen molar-refractivity contribution < 1.29 is 23.7 Å². The number of methoxy groups -OCH3 is 5. The predicted molar refractivity (Wildman–Crippen MR) is 125 cm³/mol. The van der Waals surface area contributed by atoms with Crippen LogP contribution in [0.5, 0.6) is 28.7 Å². The first kappa shape index (κ1) is 21.9. The molecule has 0 heterocycles. The van der Waals surface area contributed by atoms with Crippen molar-refractivity contribution in [2.45, 2.75) is 25.7 Å². The molecule has 0 fully saturated rings. The summed E-state index contributed by atoms with van der Waals surface area (Å²) in [5, 5.41) is 0. The minimum absolute atomic E-state index is 0.0747. The summed E-state index contributed by atoms with van der Waals surface area (Å²) in [6.07, 6.45) is 1.55. The molecule has 1 atom stereocenters. The monoisotopic (exact) mass is 434 g/mol. The van der Waals surface area contributed by atoms with E-state index in [1.807, 2.05) is 18.2 Å². The van der Waals surface area contributed by atoms with E-state index in [0.29, 0.717) is 0 Å². The molecule has 3 aromatic rings. The largest absolute Gasteiger partial charge is 0.497 e. The second kappa shape index (κ2) is 9.03. The standard InChI is InChI=1S/C27H30O5/c1-16-9-19(28-2)8-7-17(16)11-24-22-13-21(30-4)14-25(31-5)23(22)12-18-10-20(29-3)15-26(32-6)27(18)24/h7-10,13-15,24H,11-12H2,1-6H3. The molecule has 32 heavy (non-hydrogen) atoms. The van der Waals surface area contributed by atoms with Gasteiger partial charge in [-0.3, -0.25) is 0 Å². The van der Waals surface area contributed by atoms with Gasteiger partial charge in [0.2, 0.25) is 0 Å². The second-order valence-corrected chi connectivity index (χ2v) is 8.03. The molecule has 0 aliphatic heterocycles. The summed E-state index contributed by atoms with van der Waals surface area (Å²) in [7, 11) is 8.48. The summed E-state index contributed by atoms with van der Waals surface area (Å²) >= 11 is 0. The van der Waals surface area contributed by atoms with E-state index >= 15 is 0 Å². The van der Waals surface area contributed by atoms with Gasteiger partial charge in [0, 0.05) is 35.6 Å². The van der Waals surface area contributed by atoms with Crippen LogP contribution in [-0.2, 0) is 12.8 Å². The summed E-state index contributed by atoms with van der Waals surface area (Å²) in [6, 6.07) is 14.4. The third-order valence-corrected chi connectivity index (χ3v) is 6.39. The van der Waals surface area contributed by atoms with Gasteiger partial charge in [-0.2, -0.15) is 0 Å². The molecule has 5 heteroatoms. The molecule has 0 bridgehead atoms. The van der Waals surface area contributed by atoms with Crippen LogP contribution in [0.3, 0.4) is 0 Å². The normalized spacial score (nSPS) is 14.2. The van der Waals surface area contributed by atoms with Crippen molar-refractivity contribution in [1.29, 1.82) is 0 Å². The van der Waals surface area contributed by atoms with E-state index in [4.69, 9.17) is 23.7 Å². The van der Waals surface area contributed by atoms with E-state index in [0.717, 1.165) is 41.6 Å². The van der Waals surface area contributed by atoms with E-state index in [-0.39, 0.29) is 5.92 Å². The van der Waals surface area contributed by atoms with Crippen molar-refractivity contribution in [3.63, 3.8) is 0 Å². The summed E-state index contributed by atoms with van der Waals surface area (Å²) in [4.78, 5) is 0. The van der Waals surface area contributed by atoms with E-state index in [2.05, 4.69) is 31.2 Å². The maximum Gasteiger partial charge on any atom is 0.126 e. The highest BCUT2D eigenvalue weighted by Gasteiger charge is 2.32. The predicted octanol–water partition coefficient (Wildman–Crippen LogP) is 5.32. The molecule has 0 amide bonds. The van der Waals surface area contributed by atoms with E-state index in [9.17, 15) is 0 Å². The van der Waals surface area contributed by atoms with Gasteiger partial charge in [0.25, 0.3) is 0 Å². The van der Waals surface area contributed by atoms with Crippen LogP contribution in [0.25, 0.3) is 0 Å². The molecule has 4 rings (SSSR count). The van der Waals surface area contributed by atoms with Crippen molar-refractivity contribution in [1.82, 2.24) is 0 Å². The number of fused-ring (bicyclic) bond motifs is 2. The quantitative estimate of drug-likeness (QED) is 0.504. The Morgan fingerprint density at radius 1 is 0.719 bits per heavy atom. The van der Waals surface area contributed by atoms with Crippen LogP contribution in [0.2, 0.25) is 0 Å². The smallest absolute Gasteiger partial charge is 0.126 e. The number of ether oxygens (including phenoxy) is 5. The lowest BCUT2D eigenvalue weighted by molar-refractivity contribution is 0.382. The van der Waals surface area contributed by atoms with Crippen molar-refractivity contribution in [3.05, 3.63) is 75.8 Å². The lowest BCUT2D eigenvalue weighted by atomic mass is 9.74. The topological polar surface area (TPSA) is 46.2 Å². The van der Waals surface area contributed by atoms with Crippen molar-refractivity contribution in [2.75, 3.05) is 35.5 Å². The van der Waals surface area contributed by atoms with Gasteiger partial charge < -0.3 is 23.7 Å². The van der Waals surface area contributed by atoms with E-state index in [1.165, 1.54) is 33.4 Å². The Balaban J connectivity index is 1.93. The van der Waals surface area contributed by atoms with Crippen molar-refractivity contribution >= 4 is 0 Å². The first-order chi connectivity index (χ1) is 15.5. The van der Waals surface area contributed by atoms with E-state index < -0.39 is 0 Å². The zero-order valence-electron chi connectivity index (χ0n) is 19.6. The van der Waals surface area contributed by atoms with Crippen LogP contribution in [-0.4, -0.2) is 35.5 Å². The average molecular weight is 435 g/mol. The lowest BCUT2D eigenvalue weighted by Gasteiger charge is -2.32. The second-order valence-electron chi connectivity index (χ2n) is 8.03. The summed E-state index contributed by atoms with van der Waals surface area (Å²) in [6.45, 7) is 2.12. The van der Waals surface area contributed by atoms with Crippen LogP contribution < -0.4 is 23.7 Å². The molecule has 1 unspecified atom stereocenters. The Bertz CT molecular complexity index is 1140. The van der Waals surface area contributed by atoms with Crippen LogP contribution in [0.15, 0.2) is 42.5 Å². The highest BCUT2D eigenvalue weighted by molar-refractivity contribution is 5.62. The fourth-order valence-electron chi connectivity index (χ4n) is 4.73. The highest BCUT2D eigenvalue weighted by Crippen LogP contribution is 2.48. The van der Waals surface area contributed by atoms with Gasteiger partial charge in [-0.15, -0.1) is 0 Å². The molecule has 0 saturated carbocycles.